The number of amides is 1. The van der Waals surface area contributed by atoms with Gasteiger partial charge >= 0.3 is 5.97 Å². The Kier molecular flexibility index (Phi) is 7.35. The number of sulfonamides is 1. The van der Waals surface area contributed by atoms with E-state index in [1.165, 1.54) is 13.0 Å². The van der Waals surface area contributed by atoms with Crippen molar-refractivity contribution in [2.24, 2.45) is 4.99 Å². The Labute approximate surface area is 159 Å². The minimum absolute atomic E-state index is 0.0930. The van der Waals surface area contributed by atoms with E-state index in [0.29, 0.717) is 12.1 Å². The summed E-state index contributed by atoms with van der Waals surface area (Å²) < 4.78 is 31.4. The first-order valence-electron chi connectivity index (χ1n) is 8.98. The van der Waals surface area contributed by atoms with Crippen LogP contribution in [0.25, 0.3) is 0 Å². The number of esters is 1. The van der Waals surface area contributed by atoms with E-state index in [1.54, 1.807) is 18.2 Å². The van der Waals surface area contributed by atoms with Crippen LogP contribution in [-0.4, -0.2) is 45.3 Å². The molecule has 1 atom stereocenters. The Hall–Kier alpha value is -2.42. The molecule has 1 aliphatic rings. The number of amidine groups is 1. The van der Waals surface area contributed by atoms with Gasteiger partial charge in [-0.1, -0.05) is 38.3 Å². The summed E-state index contributed by atoms with van der Waals surface area (Å²) in [6.45, 7) is 3.75. The average molecular weight is 395 g/mol. The molecule has 1 heterocycles. The van der Waals surface area contributed by atoms with Crippen LogP contribution in [0.4, 0.5) is 0 Å². The molecule has 1 aliphatic heterocycles. The predicted octanol–water partition coefficient (Wildman–Crippen LogP) is 1.35. The van der Waals surface area contributed by atoms with Crippen molar-refractivity contribution in [2.75, 3.05) is 13.2 Å². The second-order valence-electron chi connectivity index (χ2n) is 6.27. The summed E-state index contributed by atoms with van der Waals surface area (Å²) in [6.07, 6.45) is 4.17. The van der Waals surface area contributed by atoms with Crippen LogP contribution in [0.3, 0.4) is 0 Å². The van der Waals surface area contributed by atoms with E-state index in [0.717, 1.165) is 25.7 Å². The summed E-state index contributed by atoms with van der Waals surface area (Å²) in [7, 11) is -3.67. The van der Waals surface area contributed by atoms with Crippen molar-refractivity contribution >= 4 is 27.7 Å². The van der Waals surface area contributed by atoms with Crippen LogP contribution in [0.2, 0.25) is 0 Å². The summed E-state index contributed by atoms with van der Waals surface area (Å²) >= 11 is 0. The molecule has 0 fully saturated rings. The van der Waals surface area contributed by atoms with E-state index >= 15 is 0 Å². The molecule has 0 radical (unpaired) electrons. The van der Waals surface area contributed by atoms with Crippen LogP contribution in [0, 0.1) is 0 Å². The molecule has 8 nitrogen and oxygen atoms in total. The third-order valence-corrected chi connectivity index (χ3v) is 5.42. The summed E-state index contributed by atoms with van der Waals surface area (Å²) in [5.74, 6) is -0.978. The fourth-order valence-electron chi connectivity index (χ4n) is 2.56. The van der Waals surface area contributed by atoms with Gasteiger partial charge in [0.2, 0.25) is 0 Å². The van der Waals surface area contributed by atoms with Gasteiger partial charge in [-0.05, 0) is 25.5 Å². The molecular weight excluding hydrogens is 370 g/mol. The SMILES string of the molecule is CCCCCCNC(=O)COC(=O)[C@H](C)N=C1NS(=O)(=O)c2ccccc21. The number of nitrogens with zero attached hydrogens (tertiary/aromatic N) is 1. The fraction of sp³-hybridized carbons (Fsp3) is 0.500. The van der Waals surface area contributed by atoms with Gasteiger partial charge in [-0.15, -0.1) is 0 Å². The first-order valence-corrected chi connectivity index (χ1v) is 10.5. The van der Waals surface area contributed by atoms with E-state index < -0.39 is 22.0 Å². The highest BCUT2D eigenvalue weighted by atomic mass is 32.2. The molecule has 0 unspecified atom stereocenters. The zero-order chi connectivity index (χ0) is 19.9. The van der Waals surface area contributed by atoms with Crippen molar-refractivity contribution in [3.8, 4) is 0 Å². The van der Waals surface area contributed by atoms with Crippen LogP contribution < -0.4 is 10.0 Å². The van der Waals surface area contributed by atoms with Crippen LogP contribution >= 0.6 is 0 Å². The van der Waals surface area contributed by atoms with Crippen molar-refractivity contribution in [1.29, 1.82) is 0 Å². The van der Waals surface area contributed by atoms with Gasteiger partial charge < -0.3 is 10.1 Å². The number of carbonyl (C=O) groups is 2. The van der Waals surface area contributed by atoms with Gasteiger partial charge in [0, 0.05) is 12.1 Å². The molecule has 0 aromatic heterocycles. The number of ether oxygens (including phenoxy) is 1. The maximum Gasteiger partial charge on any atom is 0.331 e. The number of hydrogen-bond donors (Lipinski definition) is 2. The third kappa shape index (κ3) is 5.78. The number of aliphatic imine (C=N–C) groups is 1. The Bertz CT molecular complexity index is 820. The molecule has 0 saturated carbocycles. The van der Waals surface area contributed by atoms with Gasteiger partial charge in [0.15, 0.2) is 6.61 Å². The van der Waals surface area contributed by atoms with Gasteiger partial charge in [0.25, 0.3) is 15.9 Å². The van der Waals surface area contributed by atoms with Crippen molar-refractivity contribution in [2.45, 2.75) is 50.5 Å². The van der Waals surface area contributed by atoms with E-state index in [9.17, 15) is 18.0 Å². The van der Waals surface area contributed by atoms with Gasteiger partial charge in [-0.25, -0.2) is 13.2 Å². The Morgan fingerprint density at radius 2 is 1.96 bits per heavy atom. The lowest BCUT2D eigenvalue weighted by molar-refractivity contribution is -0.149. The number of carbonyl (C=O) groups excluding carboxylic acids is 2. The van der Waals surface area contributed by atoms with E-state index in [1.807, 2.05) is 0 Å². The summed E-state index contributed by atoms with van der Waals surface area (Å²) in [6, 6.07) is 5.42. The Morgan fingerprint density at radius 3 is 2.70 bits per heavy atom. The molecule has 1 aromatic carbocycles. The van der Waals surface area contributed by atoms with E-state index in [-0.39, 0.29) is 23.2 Å². The minimum atomic E-state index is -3.67. The zero-order valence-electron chi connectivity index (χ0n) is 15.5. The van der Waals surface area contributed by atoms with E-state index in [4.69, 9.17) is 4.74 Å². The fourth-order valence-corrected chi connectivity index (χ4v) is 3.80. The van der Waals surface area contributed by atoms with Gasteiger partial charge in [-0.2, -0.15) is 0 Å². The molecule has 148 valence electrons. The number of hydrogen-bond acceptors (Lipinski definition) is 6. The molecule has 27 heavy (non-hydrogen) atoms. The largest absolute Gasteiger partial charge is 0.454 e. The monoisotopic (exact) mass is 395 g/mol. The zero-order valence-corrected chi connectivity index (χ0v) is 16.3. The molecule has 0 bridgehead atoms. The molecule has 2 rings (SSSR count). The van der Waals surface area contributed by atoms with E-state index in [2.05, 4.69) is 22.0 Å². The molecule has 0 saturated heterocycles. The maximum absolute atomic E-state index is 12.0. The lowest BCUT2D eigenvalue weighted by Gasteiger charge is -2.09. The second kappa shape index (κ2) is 9.50. The Balaban J connectivity index is 1.86. The smallest absolute Gasteiger partial charge is 0.331 e. The van der Waals surface area contributed by atoms with Crippen molar-refractivity contribution in [3.63, 3.8) is 0 Å². The van der Waals surface area contributed by atoms with Crippen molar-refractivity contribution in [3.05, 3.63) is 29.8 Å². The van der Waals surface area contributed by atoms with Crippen LogP contribution in [-0.2, 0) is 24.3 Å². The third-order valence-electron chi connectivity index (χ3n) is 4.02. The molecule has 0 spiro atoms. The first kappa shape index (κ1) is 20.9. The number of rotatable bonds is 9. The second-order valence-corrected chi connectivity index (χ2v) is 7.92. The quantitative estimate of drug-likeness (QED) is 0.484. The number of fused-ring (bicyclic) bond motifs is 1. The Morgan fingerprint density at radius 1 is 1.22 bits per heavy atom. The highest BCUT2D eigenvalue weighted by molar-refractivity contribution is 7.90. The predicted molar refractivity (Wildman–Crippen MR) is 101 cm³/mol. The summed E-state index contributed by atoms with van der Waals surface area (Å²) in [5, 5.41) is 2.69. The number of nitrogens with one attached hydrogen (secondary N) is 2. The van der Waals surface area contributed by atoms with Gasteiger partial charge in [0.1, 0.15) is 11.9 Å². The topological polar surface area (TPSA) is 114 Å². The molecule has 9 heteroatoms. The normalized spacial score (nSPS) is 17.0. The van der Waals surface area contributed by atoms with Crippen molar-refractivity contribution in [1.82, 2.24) is 10.0 Å². The lowest BCUT2D eigenvalue weighted by atomic mass is 10.2. The van der Waals surface area contributed by atoms with Crippen LogP contribution in [0.5, 0.6) is 0 Å². The van der Waals surface area contributed by atoms with Gasteiger partial charge in [0.05, 0.1) is 4.90 Å². The molecule has 1 amide bonds. The highest BCUT2D eigenvalue weighted by Gasteiger charge is 2.31. The molecule has 0 aliphatic carbocycles. The average Bonchev–Trinajstić information content (AvgIpc) is 2.90. The van der Waals surface area contributed by atoms with Crippen molar-refractivity contribution < 1.29 is 22.7 Å². The first-order chi connectivity index (χ1) is 12.8. The van der Waals surface area contributed by atoms with Crippen LogP contribution in [0.15, 0.2) is 34.2 Å². The van der Waals surface area contributed by atoms with Crippen LogP contribution in [0.1, 0.15) is 45.1 Å². The highest BCUT2D eigenvalue weighted by Crippen LogP contribution is 2.22. The lowest BCUT2D eigenvalue weighted by Crippen LogP contribution is -2.32. The molecule has 2 N–H and O–H groups in total. The summed E-state index contributed by atoms with van der Waals surface area (Å²) in [4.78, 5) is 27.9. The minimum Gasteiger partial charge on any atom is -0.454 e. The summed E-state index contributed by atoms with van der Waals surface area (Å²) in [5.41, 5.74) is 0.405. The maximum atomic E-state index is 12.0. The standard InChI is InChI=1S/C18H25N3O5S/c1-3-4-5-8-11-19-16(22)12-26-18(23)13(2)20-17-14-9-6-7-10-15(14)27(24,25)21-17/h6-7,9-10,13H,3-5,8,11-12H2,1-2H3,(H,19,22)(H,20,21)/t13-/m0/s1. The van der Waals surface area contributed by atoms with Gasteiger partial charge in [-0.3, -0.25) is 14.5 Å². The molecular formula is C18H25N3O5S. The number of benzene rings is 1. The number of unbranched alkanes of at least 4 members (excludes halogenated alkanes) is 3. The molecule has 1 aromatic rings.